The number of nitrogens with zero attached hydrogens (tertiary/aromatic N) is 2. The fourth-order valence-corrected chi connectivity index (χ4v) is 0.970. The van der Waals surface area contributed by atoms with Crippen molar-refractivity contribution in [3.63, 3.8) is 0 Å². The van der Waals surface area contributed by atoms with Gasteiger partial charge in [-0.2, -0.15) is 5.26 Å². The Morgan fingerprint density at radius 2 is 2.18 bits per heavy atom. The molecule has 2 heteroatoms. The van der Waals surface area contributed by atoms with Crippen LogP contribution in [0.3, 0.4) is 0 Å². The van der Waals surface area contributed by atoms with Gasteiger partial charge in [-0.05, 0) is 19.5 Å². The molecule has 0 N–H and O–H groups in total. The maximum absolute atomic E-state index is 8.47. The second-order valence-corrected chi connectivity index (χ2v) is 2.58. The zero-order chi connectivity index (χ0) is 8.69. The van der Waals surface area contributed by atoms with E-state index < -0.39 is 0 Å². The van der Waals surface area contributed by atoms with Gasteiger partial charge in [0, 0.05) is 12.1 Å². The maximum Gasteiger partial charge on any atom is 0.0954 e. The summed E-state index contributed by atoms with van der Waals surface area (Å²) in [5.41, 5.74) is 0.653. The highest BCUT2D eigenvalue weighted by Crippen LogP contribution is 1.96. The molecule has 11 heavy (non-hydrogen) atoms. The molecule has 0 aromatic heterocycles. The Bertz CT molecular complexity index is 155. The SMILES string of the molecule is C=C(C#N)CN(CC)CCC. The third-order valence-corrected chi connectivity index (χ3v) is 1.56. The van der Waals surface area contributed by atoms with Crippen molar-refractivity contribution in [1.29, 1.82) is 5.26 Å². The monoisotopic (exact) mass is 152 g/mol. The average molecular weight is 152 g/mol. The molecule has 0 saturated heterocycles. The summed E-state index contributed by atoms with van der Waals surface area (Å²) >= 11 is 0. The lowest BCUT2D eigenvalue weighted by molar-refractivity contribution is 0.316. The van der Waals surface area contributed by atoms with E-state index in [4.69, 9.17) is 5.26 Å². The third-order valence-electron chi connectivity index (χ3n) is 1.56. The summed E-state index contributed by atoms with van der Waals surface area (Å²) in [4.78, 5) is 2.21. The third kappa shape index (κ3) is 4.58. The van der Waals surface area contributed by atoms with E-state index in [0.717, 1.165) is 26.1 Å². The van der Waals surface area contributed by atoms with E-state index in [1.807, 2.05) is 0 Å². The van der Waals surface area contributed by atoms with E-state index in [1.54, 1.807) is 0 Å². The molecule has 0 atom stereocenters. The molecule has 0 unspecified atom stereocenters. The molecule has 62 valence electrons. The zero-order valence-corrected chi connectivity index (χ0v) is 7.43. The van der Waals surface area contributed by atoms with E-state index in [1.165, 1.54) is 0 Å². The van der Waals surface area contributed by atoms with Gasteiger partial charge in [0.2, 0.25) is 0 Å². The lowest BCUT2D eigenvalue weighted by Crippen LogP contribution is -2.25. The molecular weight excluding hydrogens is 136 g/mol. The molecule has 0 aromatic carbocycles. The molecule has 0 fully saturated rings. The lowest BCUT2D eigenvalue weighted by Gasteiger charge is -2.17. The van der Waals surface area contributed by atoms with Crippen LogP contribution < -0.4 is 0 Å². The summed E-state index contributed by atoms with van der Waals surface area (Å²) in [5, 5.41) is 8.47. The predicted octanol–water partition coefficient (Wildman–Crippen LogP) is 1.80. The fourth-order valence-electron chi connectivity index (χ4n) is 0.970. The van der Waals surface area contributed by atoms with Crippen molar-refractivity contribution in [2.24, 2.45) is 0 Å². The molecule has 0 radical (unpaired) electrons. The Labute approximate surface area is 69.1 Å². The standard InChI is InChI=1S/C9H16N2/c1-4-6-11(5-2)8-9(3)7-10/h3-6,8H2,1-2H3. The predicted molar refractivity (Wildman–Crippen MR) is 47.2 cm³/mol. The van der Waals surface area contributed by atoms with E-state index >= 15 is 0 Å². The smallest absolute Gasteiger partial charge is 0.0954 e. The first-order chi connectivity index (χ1) is 5.24. The van der Waals surface area contributed by atoms with E-state index in [9.17, 15) is 0 Å². The molecule has 0 amide bonds. The molecule has 0 aliphatic heterocycles. The molecule has 0 heterocycles. The number of hydrogen-bond acceptors (Lipinski definition) is 2. The van der Waals surface area contributed by atoms with E-state index in [-0.39, 0.29) is 0 Å². The van der Waals surface area contributed by atoms with Gasteiger partial charge in [-0.3, -0.25) is 4.90 Å². The van der Waals surface area contributed by atoms with Gasteiger partial charge < -0.3 is 0 Å². The Hall–Kier alpha value is -0.810. The van der Waals surface area contributed by atoms with Gasteiger partial charge in [0.25, 0.3) is 0 Å². The van der Waals surface area contributed by atoms with Crippen LogP contribution in [0.15, 0.2) is 12.2 Å². The molecule has 0 aliphatic carbocycles. The van der Waals surface area contributed by atoms with Crippen molar-refractivity contribution in [1.82, 2.24) is 4.90 Å². The van der Waals surface area contributed by atoms with Crippen LogP contribution in [-0.2, 0) is 0 Å². The van der Waals surface area contributed by atoms with Crippen LogP contribution in [0.4, 0.5) is 0 Å². The van der Waals surface area contributed by atoms with Crippen LogP contribution in [0, 0.1) is 11.3 Å². The minimum absolute atomic E-state index is 0.653. The normalized spacial score (nSPS) is 9.64. The number of rotatable bonds is 5. The van der Waals surface area contributed by atoms with E-state index in [2.05, 4.69) is 31.4 Å². The fraction of sp³-hybridized carbons (Fsp3) is 0.667. The Morgan fingerprint density at radius 3 is 2.55 bits per heavy atom. The largest absolute Gasteiger partial charge is 0.299 e. The Balaban J connectivity index is 3.70. The van der Waals surface area contributed by atoms with Gasteiger partial charge in [0.1, 0.15) is 0 Å². The first-order valence-electron chi connectivity index (χ1n) is 4.04. The number of hydrogen-bond donors (Lipinski definition) is 0. The van der Waals surface area contributed by atoms with Gasteiger partial charge in [0.15, 0.2) is 0 Å². The van der Waals surface area contributed by atoms with Gasteiger partial charge in [0.05, 0.1) is 6.07 Å². The summed E-state index contributed by atoms with van der Waals surface area (Å²) in [6, 6.07) is 2.05. The van der Waals surface area contributed by atoms with Crippen molar-refractivity contribution in [2.75, 3.05) is 19.6 Å². The van der Waals surface area contributed by atoms with Gasteiger partial charge in [-0.25, -0.2) is 0 Å². The molecule has 0 bridgehead atoms. The van der Waals surface area contributed by atoms with Crippen molar-refractivity contribution < 1.29 is 0 Å². The maximum atomic E-state index is 8.47. The van der Waals surface area contributed by atoms with Gasteiger partial charge >= 0.3 is 0 Å². The first-order valence-corrected chi connectivity index (χ1v) is 4.04. The van der Waals surface area contributed by atoms with Gasteiger partial charge in [-0.1, -0.05) is 20.4 Å². The summed E-state index contributed by atoms with van der Waals surface area (Å²) in [7, 11) is 0. The van der Waals surface area contributed by atoms with Gasteiger partial charge in [-0.15, -0.1) is 0 Å². The Kier molecular flexibility index (Phi) is 5.50. The average Bonchev–Trinajstić information content (AvgIpc) is 2.03. The van der Waals surface area contributed by atoms with Crippen LogP contribution in [-0.4, -0.2) is 24.5 Å². The molecule has 0 saturated carbocycles. The number of nitriles is 1. The van der Waals surface area contributed by atoms with Crippen LogP contribution in [0.5, 0.6) is 0 Å². The minimum atomic E-state index is 0.653. The highest BCUT2D eigenvalue weighted by Gasteiger charge is 2.01. The van der Waals surface area contributed by atoms with Crippen molar-refractivity contribution in [3.05, 3.63) is 12.2 Å². The molecule has 0 aliphatic rings. The van der Waals surface area contributed by atoms with Crippen LogP contribution in [0.1, 0.15) is 20.3 Å². The second-order valence-electron chi connectivity index (χ2n) is 2.58. The lowest BCUT2D eigenvalue weighted by atomic mass is 10.3. The Morgan fingerprint density at radius 1 is 1.55 bits per heavy atom. The second kappa shape index (κ2) is 5.94. The van der Waals surface area contributed by atoms with Crippen molar-refractivity contribution in [3.8, 4) is 6.07 Å². The molecule has 0 spiro atoms. The van der Waals surface area contributed by atoms with E-state index in [0.29, 0.717) is 5.57 Å². The van der Waals surface area contributed by atoms with Crippen LogP contribution in [0.2, 0.25) is 0 Å². The molecule has 2 nitrogen and oxygen atoms in total. The first kappa shape index (κ1) is 10.2. The summed E-state index contributed by atoms with van der Waals surface area (Å²) in [6.45, 7) is 10.6. The number of likely N-dealkylation sites (N-methyl/N-ethyl adjacent to an activating group) is 1. The van der Waals surface area contributed by atoms with Crippen molar-refractivity contribution in [2.45, 2.75) is 20.3 Å². The highest BCUT2D eigenvalue weighted by atomic mass is 15.1. The highest BCUT2D eigenvalue weighted by molar-refractivity contribution is 5.17. The molecule has 0 rings (SSSR count). The molecule has 0 aromatic rings. The topological polar surface area (TPSA) is 27.0 Å². The summed E-state index contributed by atoms with van der Waals surface area (Å²) < 4.78 is 0. The van der Waals surface area contributed by atoms with Crippen LogP contribution in [0.25, 0.3) is 0 Å². The summed E-state index contributed by atoms with van der Waals surface area (Å²) in [6.07, 6.45) is 1.13. The molecular formula is C9H16N2. The zero-order valence-electron chi connectivity index (χ0n) is 7.43. The minimum Gasteiger partial charge on any atom is -0.299 e. The van der Waals surface area contributed by atoms with Crippen molar-refractivity contribution >= 4 is 0 Å². The quantitative estimate of drug-likeness (QED) is 0.562. The van der Waals surface area contributed by atoms with Crippen LogP contribution >= 0.6 is 0 Å². The summed E-state index contributed by atoms with van der Waals surface area (Å²) in [5.74, 6) is 0.